The SMILES string of the molecule is CCCOc1ccc(C=NNC(=O)CSc2nnc(-c3ccc(C)cc3)n2-c2ccc(Cl)cc2)cc1. The molecule has 1 amide bonds. The van der Waals surface area contributed by atoms with Gasteiger partial charge in [-0.05, 0) is 67.4 Å². The maximum atomic E-state index is 12.4. The van der Waals surface area contributed by atoms with Crippen LogP contribution >= 0.6 is 23.4 Å². The van der Waals surface area contributed by atoms with Crippen LogP contribution in [-0.4, -0.2) is 39.2 Å². The molecule has 0 bridgehead atoms. The second kappa shape index (κ2) is 12.4. The zero-order chi connectivity index (χ0) is 25.3. The van der Waals surface area contributed by atoms with Gasteiger partial charge < -0.3 is 4.74 Å². The summed E-state index contributed by atoms with van der Waals surface area (Å²) in [7, 11) is 0. The van der Waals surface area contributed by atoms with Crippen molar-refractivity contribution >= 4 is 35.5 Å². The van der Waals surface area contributed by atoms with Crippen LogP contribution in [0.5, 0.6) is 5.75 Å². The first-order valence-electron chi connectivity index (χ1n) is 11.5. The van der Waals surface area contributed by atoms with Crippen molar-refractivity contribution in [3.8, 4) is 22.8 Å². The summed E-state index contributed by atoms with van der Waals surface area (Å²) in [6.45, 7) is 4.78. The van der Waals surface area contributed by atoms with Crippen molar-refractivity contribution in [1.29, 1.82) is 0 Å². The highest BCUT2D eigenvalue weighted by atomic mass is 35.5. The molecule has 1 aromatic heterocycles. The van der Waals surface area contributed by atoms with Crippen molar-refractivity contribution in [2.45, 2.75) is 25.4 Å². The van der Waals surface area contributed by atoms with Gasteiger partial charge in [0.05, 0.1) is 18.6 Å². The van der Waals surface area contributed by atoms with E-state index in [-0.39, 0.29) is 11.7 Å². The predicted molar refractivity (Wildman–Crippen MR) is 145 cm³/mol. The number of amides is 1. The highest BCUT2D eigenvalue weighted by Gasteiger charge is 2.17. The second-order valence-electron chi connectivity index (χ2n) is 7.98. The highest BCUT2D eigenvalue weighted by molar-refractivity contribution is 7.99. The van der Waals surface area contributed by atoms with Crippen molar-refractivity contribution in [3.05, 3.63) is 88.9 Å². The minimum atomic E-state index is -0.248. The van der Waals surface area contributed by atoms with Crippen molar-refractivity contribution in [2.24, 2.45) is 5.10 Å². The number of thioether (sulfide) groups is 1. The van der Waals surface area contributed by atoms with Crippen LogP contribution in [0.1, 0.15) is 24.5 Å². The lowest BCUT2D eigenvalue weighted by molar-refractivity contribution is -0.118. The third-order valence-electron chi connectivity index (χ3n) is 5.12. The Kier molecular flexibility index (Phi) is 8.76. The fraction of sp³-hybridized carbons (Fsp3) is 0.185. The third kappa shape index (κ3) is 6.74. The fourth-order valence-electron chi connectivity index (χ4n) is 3.29. The minimum Gasteiger partial charge on any atom is -0.494 e. The number of carbonyl (C=O) groups excluding carboxylic acids is 1. The summed E-state index contributed by atoms with van der Waals surface area (Å²) < 4.78 is 7.49. The van der Waals surface area contributed by atoms with E-state index in [0.717, 1.165) is 34.5 Å². The lowest BCUT2D eigenvalue weighted by atomic mass is 10.1. The first-order chi connectivity index (χ1) is 17.5. The topological polar surface area (TPSA) is 81.4 Å². The summed E-state index contributed by atoms with van der Waals surface area (Å²) in [5.74, 6) is 1.37. The average Bonchev–Trinajstić information content (AvgIpc) is 3.32. The summed E-state index contributed by atoms with van der Waals surface area (Å²) in [4.78, 5) is 12.4. The van der Waals surface area contributed by atoms with Gasteiger partial charge in [-0.25, -0.2) is 5.43 Å². The lowest BCUT2D eigenvalue weighted by Gasteiger charge is -2.10. The van der Waals surface area contributed by atoms with Crippen molar-refractivity contribution in [2.75, 3.05) is 12.4 Å². The number of nitrogens with zero attached hydrogens (tertiary/aromatic N) is 4. The van der Waals surface area contributed by atoms with E-state index in [1.165, 1.54) is 11.8 Å². The maximum absolute atomic E-state index is 12.4. The number of hydrogen-bond acceptors (Lipinski definition) is 6. The Hall–Kier alpha value is -3.62. The van der Waals surface area contributed by atoms with Gasteiger partial charge in [0, 0.05) is 16.3 Å². The van der Waals surface area contributed by atoms with E-state index < -0.39 is 0 Å². The number of rotatable bonds is 10. The van der Waals surface area contributed by atoms with Gasteiger partial charge in [0.15, 0.2) is 11.0 Å². The zero-order valence-corrected chi connectivity index (χ0v) is 21.6. The summed E-state index contributed by atoms with van der Waals surface area (Å²) in [6, 6.07) is 23.0. The van der Waals surface area contributed by atoms with Gasteiger partial charge in [0.25, 0.3) is 5.91 Å². The predicted octanol–water partition coefficient (Wildman–Crippen LogP) is 5.93. The summed E-state index contributed by atoms with van der Waals surface area (Å²) in [5, 5.41) is 14.1. The van der Waals surface area contributed by atoms with E-state index in [1.54, 1.807) is 6.21 Å². The van der Waals surface area contributed by atoms with Crippen LogP contribution in [0.15, 0.2) is 83.1 Å². The molecular formula is C27H26ClN5O2S. The molecule has 0 atom stereocenters. The van der Waals surface area contributed by atoms with Gasteiger partial charge in [-0.3, -0.25) is 9.36 Å². The number of halogens is 1. The molecule has 184 valence electrons. The third-order valence-corrected chi connectivity index (χ3v) is 6.30. The first kappa shape index (κ1) is 25.5. The van der Waals surface area contributed by atoms with Crippen LogP contribution in [0.25, 0.3) is 17.1 Å². The molecule has 4 aromatic rings. The molecule has 0 saturated carbocycles. The number of nitrogens with one attached hydrogen (secondary N) is 1. The molecule has 0 aliphatic rings. The number of aryl methyl sites for hydroxylation is 1. The van der Waals surface area contributed by atoms with Crippen molar-refractivity contribution < 1.29 is 9.53 Å². The van der Waals surface area contributed by atoms with Crippen LogP contribution in [-0.2, 0) is 4.79 Å². The van der Waals surface area contributed by atoms with Gasteiger partial charge in [-0.15, -0.1) is 10.2 Å². The molecule has 36 heavy (non-hydrogen) atoms. The van der Waals surface area contributed by atoms with Gasteiger partial charge in [-0.2, -0.15) is 5.10 Å². The Morgan fingerprint density at radius 3 is 2.47 bits per heavy atom. The molecule has 0 fully saturated rings. The largest absolute Gasteiger partial charge is 0.494 e. The highest BCUT2D eigenvalue weighted by Crippen LogP contribution is 2.28. The number of hydrogen-bond donors (Lipinski definition) is 1. The molecule has 0 saturated heterocycles. The van der Waals surface area contributed by atoms with Crippen molar-refractivity contribution in [3.63, 3.8) is 0 Å². The van der Waals surface area contributed by atoms with Gasteiger partial charge >= 0.3 is 0 Å². The van der Waals surface area contributed by atoms with E-state index in [1.807, 2.05) is 84.3 Å². The molecule has 0 aliphatic carbocycles. The average molecular weight is 520 g/mol. The molecule has 1 heterocycles. The van der Waals surface area contributed by atoms with Crippen LogP contribution in [0, 0.1) is 6.92 Å². The van der Waals surface area contributed by atoms with Crippen LogP contribution < -0.4 is 10.2 Å². The number of benzene rings is 3. The smallest absolute Gasteiger partial charge is 0.250 e. The molecular weight excluding hydrogens is 494 g/mol. The van der Waals surface area contributed by atoms with Crippen LogP contribution in [0.3, 0.4) is 0 Å². The fourth-order valence-corrected chi connectivity index (χ4v) is 4.16. The number of carbonyl (C=O) groups is 1. The molecule has 3 aromatic carbocycles. The number of aromatic nitrogens is 3. The molecule has 9 heteroatoms. The van der Waals surface area contributed by atoms with E-state index >= 15 is 0 Å². The second-order valence-corrected chi connectivity index (χ2v) is 9.36. The molecule has 7 nitrogen and oxygen atoms in total. The Bertz CT molecular complexity index is 1320. The van der Waals surface area contributed by atoms with E-state index in [2.05, 4.69) is 27.6 Å². The number of ether oxygens (including phenoxy) is 1. The number of hydrazone groups is 1. The zero-order valence-electron chi connectivity index (χ0n) is 20.0. The Balaban J connectivity index is 1.43. The van der Waals surface area contributed by atoms with Gasteiger partial charge in [-0.1, -0.05) is 60.1 Å². The molecule has 0 unspecified atom stereocenters. The van der Waals surface area contributed by atoms with E-state index in [9.17, 15) is 4.79 Å². The molecule has 0 aliphatic heterocycles. The van der Waals surface area contributed by atoms with E-state index in [0.29, 0.717) is 22.6 Å². The van der Waals surface area contributed by atoms with Crippen LogP contribution in [0.2, 0.25) is 5.02 Å². The van der Waals surface area contributed by atoms with Crippen LogP contribution in [0.4, 0.5) is 0 Å². The van der Waals surface area contributed by atoms with Crippen molar-refractivity contribution in [1.82, 2.24) is 20.2 Å². The standard InChI is InChI=1S/C27H26ClN5O2S/c1-3-16-35-24-14-6-20(7-15-24)17-29-30-25(34)18-36-27-32-31-26(21-8-4-19(2)5-9-21)33(27)23-12-10-22(28)11-13-23/h4-15,17H,3,16,18H2,1-2H3,(H,30,34). The monoisotopic (exact) mass is 519 g/mol. The lowest BCUT2D eigenvalue weighted by Crippen LogP contribution is -2.20. The van der Waals surface area contributed by atoms with Gasteiger partial charge in [0.2, 0.25) is 0 Å². The van der Waals surface area contributed by atoms with E-state index in [4.69, 9.17) is 16.3 Å². The first-order valence-corrected chi connectivity index (χ1v) is 12.9. The van der Waals surface area contributed by atoms with Gasteiger partial charge in [0.1, 0.15) is 5.75 Å². The maximum Gasteiger partial charge on any atom is 0.250 e. The Morgan fingerprint density at radius 2 is 1.78 bits per heavy atom. The Labute approximate surface area is 219 Å². The minimum absolute atomic E-state index is 0.126. The molecule has 0 spiro atoms. The summed E-state index contributed by atoms with van der Waals surface area (Å²) in [5.41, 5.74) is 6.36. The quantitative estimate of drug-likeness (QED) is 0.159. The molecule has 4 rings (SSSR count). The summed E-state index contributed by atoms with van der Waals surface area (Å²) in [6.07, 6.45) is 2.55. The molecule has 1 N–H and O–H groups in total. The Morgan fingerprint density at radius 1 is 1.06 bits per heavy atom. The normalized spacial score (nSPS) is 11.1. The summed E-state index contributed by atoms with van der Waals surface area (Å²) >= 11 is 7.37. The molecule has 0 radical (unpaired) electrons.